The molecule has 1 fully saturated rings. The van der Waals surface area contributed by atoms with Gasteiger partial charge in [-0.2, -0.15) is 0 Å². The molecule has 4 heteroatoms. The van der Waals surface area contributed by atoms with Crippen LogP contribution in [0.25, 0.3) is 0 Å². The van der Waals surface area contributed by atoms with E-state index in [2.05, 4.69) is 25.9 Å². The molecular weight excluding hydrogens is 220 g/mol. The quantitative estimate of drug-likeness (QED) is 0.729. The molecule has 0 aromatic carbocycles. The number of ether oxygens (including phenoxy) is 1. The zero-order valence-corrected chi connectivity index (χ0v) is 8.12. The third-order valence-corrected chi connectivity index (χ3v) is 2.38. The molecule has 1 heterocycles. The molecule has 2 rings (SSSR count). The summed E-state index contributed by atoms with van der Waals surface area (Å²) in [6.07, 6.45) is 5.46. The Morgan fingerprint density at radius 1 is 1.42 bits per heavy atom. The second kappa shape index (κ2) is 3.39. The normalized spacial score (nSPS) is 17.1. The highest BCUT2D eigenvalue weighted by Gasteiger charge is 2.19. The summed E-state index contributed by atoms with van der Waals surface area (Å²) in [5.74, 6) is 0.668. The first-order chi connectivity index (χ1) is 5.84. The van der Waals surface area contributed by atoms with Crippen molar-refractivity contribution in [3.63, 3.8) is 0 Å². The van der Waals surface area contributed by atoms with Crippen molar-refractivity contribution in [1.29, 1.82) is 0 Å². The number of rotatable bonds is 2. The van der Waals surface area contributed by atoms with Crippen LogP contribution >= 0.6 is 15.9 Å². The van der Waals surface area contributed by atoms with E-state index in [0.29, 0.717) is 12.0 Å². The van der Waals surface area contributed by atoms with Gasteiger partial charge in [0.1, 0.15) is 17.0 Å². The van der Waals surface area contributed by atoms with Gasteiger partial charge in [-0.1, -0.05) is 0 Å². The van der Waals surface area contributed by atoms with E-state index in [9.17, 15) is 0 Å². The molecule has 1 aromatic rings. The minimum atomic E-state index is 0.381. The average molecular weight is 229 g/mol. The molecule has 1 aromatic heterocycles. The lowest BCUT2D eigenvalue weighted by Crippen LogP contribution is -2.24. The molecule has 1 saturated carbocycles. The monoisotopic (exact) mass is 228 g/mol. The first-order valence-corrected chi connectivity index (χ1v) is 4.78. The zero-order valence-electron chi connectivity index (χ0n) is 6.53. The number of hydrogen-bond acceptors (Lipinski definition) is 3. The van der Waals surface area contributed by atoms with Crippen molar-refractivity contribution in [2.24, 2.45) is 0 Å². The van der Waals surface area contributed by atoms with Crippen LogP contribution in [0.2, 0.25) is 0 Å². The first kappa shape index (κ1) is 7.98. The van der Waals surface area contributed by atoms with Crippen LogP contribution in [0.15, 0.2) is 17.0 Å². The van der Waals surface area contributed by atoms with Gasteiger partial charge in [-0.3, -0.25) is 0 Å². The SMILES string of the molecule is Brc1cc(OC2CCC2)ncn1. The fourth-order valence-electron chi connectivity index (χ4n) is 1.04. The summed E-state index contributed by atoms with van der Waals surface area (Å²) in [5.41, 5.74) is 0. The summed E-state index contributed by atoms with van der Waals surface area (Å²) in [6.45, 7) is 0. The van der Waals surface area contributed by atoms with E-state index in [4.69, 9.17) is 4.74 Å². The zero-order chi connectivity index (χ0) is 8.39. The molecule has 0 N–H and O–H groups in total. The van der Waals surface area contributed by atoms with E-state index in [1.54, 1.807) is 6.07 Å². The fraction of sp³-hybridized carbons (Fsp3) is 0.500. The van der Waals surface area contributed by atoms with Gasteiger partial charge in [-0.25, -0.2) is 9.97 Å². The second-order valence-corrected chi connectivity index (χ2v) is 3.66. The maximum Gasteiger partial charge on any atom is 0.217 e. The van der Waals surface area contributed by atoms with Gasteiger partial charge in [0.05, 0.1) is 0 Å². The predicted octanol–water partition coefficient (Wildman–Crippen LogP) is 2.17. The van der Waals surface area contributed by atoms with Gasteiger partial charge in [0.25, 0.3) is 0 Å². The molecule has 0 amide bonds. The lowest BCUT2D eigenvalue weighted by atomic mass is 9.96. The summed E-state index contributed by atoms with van der Waals surface area (Å²) in [4.78, 5) is 7.91. The van der Waals surface area contributed by atoms with Crippen molar-refractivity contribution in [3.05, 3.63) is 17.0 Å². The molecule has 0 unspecified atom stereocenters. The molecule has 1 aliphatic carbocycles. The predicted molar refractivity (Wildman–Crippen MR) is 48.0 cm³/mol. The fourth-order valence-corrected chi connectivity index (χ4v) is 1.33. The van der Waals surface area contributed by atoms with E-state index in [1.165, 1.54) is 12.7 Å². The van der Waals surface area contributed by atoms with Crippen LogP contribution in [-0.2, 0) is 0 Å². The standard InChI is InChI=1S/C8H9BrN2O/c9-7-4-8(11-5-10-7)12-6-2-1-3-6/h4-6H,1-3H2. The van der Waals surface area contributed by atoms with E-state index >= 15 is 0 Å². The second-order valence-electron chi connectivity index (χ2n) is 2.85. The Hall–Kier alpha value is -0.640. The maximum absolute atomic E-state index is 5.55. The summed E-state index contributed by atoms with van der Waals surface area (Å²) < 4.78 is 6.32. The van der Waals surface area contributed by atoms with E-state index < -0.39 is 0 Å². The lowest BCUT2D eigenvalue weighted by Gasteiger charge is -2.25. The summed E-state index contributed by atoms with van der Waals surface area (Å²) in [5, 5.41) is 0. The number of nitrogens with zero attached hydrogens (tertiary/aromatic N) is 2. The summed E-state index contributed by atoms with van der Waals surface area (Å²) >= 11 is 3.26. The van der Waals surface area contributed by atoms with Crippen molar-refractivity contribution in [2.75, 3.05) is 0 Å². The molecule has 0 bridgehead atoms. The van der Waals surface area contributed by atoms with Crippen molar-refractivity contribution in [3.8, 4) is 5.88 Å². The largest absolute Gasteiger partial charge is 0.474 e. The van der Waals surface area contributed by atoms with Gasteiger partial charge >= 0.3 is 0 Å². The molecule has 0 atom stereocenters. The third-order valence-electron chi connectivity index (χ3n) is 1.95. The van der Waals surface area contributed by atoms with Gasteiger partial charge in [-0.15, -0.1) is 0 Å². The highest BCUT2D eigenvalue weighted by molar-refractivity contribution is 9.10. The number of aromatic nitrogens is 2. The Kier molecular flexibility index (Phi) is 2.26. The Bertz CT molecular complexity index is 276. The first-order valence-electron chi connectivity index (χ1n) is 3.99. The van der Waals surface area contributed by atoms with Crippen molar-refractivity contribution < 1.29 is 4.74 Å². The minimum absolute atomic E-state index is 0.381. The molecule has 64 valence electrons. The third kappa shape index (κ3) is 1.75. The van der Waals surface area contributed by atoms with Crippen LogP contribution in [0.1, 0.15) is 19.3 Å². The van der Waals surface area contributed by atoms with E-state index in [0.717, 1.165) is 17.4 Å². The van der Waals surface area contributed by atoms with Crippen LogP contribution in [0, 0.1) is 0 Å². The summed E-state index contributed by atoms with van der Waals surface area (Å²) in [7, 11) is 0. The van der Waals surface area contributed by atoms with Gasteiger partial charge in [0, 0.05) is 6.07 Å². The molecule has 0 spiro atoms. The molecular formula is C8H9BrN2O. The van der Waals surface area contributed by atoms with Crippen molar-refractivity contribution >= 4 is 15.9 Å². The van der Waals surface area contributed by atoms with E-state index in [1.807, 2.05) is 0 Å². The molecule has 0 radical (unpaired) electrons. The Morgan fingerprint density at radius 3 is 2.83 bits per heavy atom. The van der Waals surface area contributed by atoms with Crippen LogP contribution in [0.4, 0.5) is 0 Å². The highest BCUT2D eigenvalue weighted by atomic mass is 79.9. The Morgan fingerprint density at radius 2 is 2.25 bits per heavy atom. The average Bonchev–Trinajstić information content (AvgIpc) is 1.97. The Labute approximate surface area is 79.3 Å². The van der Waals surface area contributed by atoms with Crippen molar-refractivity contribution in [2.45, 2.75) is 25.4 Å². The summed E-state index contributed by atoms with van der Waals surface area (Å²) in [6, 6.07) is 1.79. The maximum atomic E-state index is 5.55. The van der Waals surface area contributed by atoms with Gasteiger partial charge < -0.3 is 4.74 Å². The molecule has 12 heavy (non-hydrogen) atoms. The van der Waals surface area contributed by atoms with Crippen LogP contribution in [-0.4, -0.2) is 16.1 Å². The minimum Gasteiger partial charge on any atom is -0.474 e. The van der Waals surface area contributed by atoms with Gasteiger partial charge in [0.15, 0.2) is 0 Å². The van der Waals surface area contributed by atoms with Gasteiger partial charge in [-0.05, 0) is 35.2 Å². The van der Waals surface area contributed by atoms with Crippen molar-refractivity contribution in [1.82, 2.24) is 9.97 Å². The molecule has 3 nitrogen and oxygen atoms in total. The molecule has 1 aliphatic rings. The van der Waals surface area contributed by atoms with Crippen LogP contribution < -0.4 is 4.74 Å². The topological polar surface area (TPSA) is 35.0 Å². The van der Waals surface area contributed by atoms with E-state index in [-0.39, 0.29) is 0 Å². The highest BCUT2D eigenvalue weighted by Crippen LogP contribution is 2.24. The van der Waals surface area contributed by atoms with Crippen LogP contribution in [0.5, 0.6) is 5.88 Å². The molecule has 0 aliphatic heterocycles. The van der Waals surface area contributed by atoms with Gasteiger partial charge in [0.2, 0.25) is 5.88 Å². The number of halogens is 1. The van der Waals surface area contributed by atoms with Crippen LogP contribution in [0.3, 0.4) is 0 Å². The lowest BCUT2D eigenvalue weighted by molar-refractivity contribution is 0.114. The smallest absolute Gasteiger partial charge is 0.217 e. The molecule has 0 saturated heterocycles. The Balaban J connectivity index is 2.02. The number of hydrogen-bond donors (Lipinski definition) is 0.